The van der Waals surface area contributed by atoms with Crippen LogP contribution in [0.2, 0.25) is 0 Å². The molecule has 7 atom stereocenters. The molecule has 29 heteroatoms. The Kier molecular flexibility index (Phi) is 15.8. The van der Waals surface area contributed by atoms with Gasteiger partial charge in [0.15, 0.2) is 17.7 Å². The number of aromatic nitrogens is 4. The molecule has 0 radical (unpaired) electrons. The second kappa shape index (κ2) is 19.6. The minimum absolute atomic E-state index is 0.0230. The van der Waals surface area contributed by atoms with Gasteiger partial charge >= 0.3 is 23.5 Å². The van der Waals surface area contributed by atoms with Gasteiger partial charge in [0.2, 0.25) is 16.9 Å². The molecule has 1 fully saturated rings. The molecule has 2 aromatic heterocycles. The van der Waals surface area contributed by atoms with E-state index >= 15 is 0 Å². The third kappa shape index (κ3) is 12.9. The highest BCUT2D eigenvalue weighted by molar-refractivity contribution is 8.14. The first-order chi connectivity index (χ1) is 27.0. The van der Waals surface area contributed by atoms with Gasteiger partial charge in [-0.05, 0) is 12.1 Å². The lowest BCUT2D eigenvalue weighted by Gasteiger charge is -2.30. The van der Waals surface area contributed by atoms with Crippen LogP contribution >= 0.6 is 35.2 Å². The number of carbonyl (C=O) groups is 3. The fraction of sp³-hybridized carbons (Fsp3) is 0.483. The van der Waals surface area contributed by atoms with Crippen molar-refractivity contribution in [3.63, 3.8) is 0 Å². The summed E-state index contributed by atoms with van der Waals surface area (Å²) in [6, 6.07) is 8.20. The monoisotopic (exact) mass is 896 g/mol. The third-order valence-corrected chi connectivity index (χ3v) is 12.0. The number of rotatable bonds is 20. The Morgan fingerprint density at radius 2 is 1.76 bits per heavy atom. The van der Waals surface area contributed by atoms with Crippen LogP contribution in [0.4, 0.5) is 5.82 Å². The maximum Gasteiger partial charge on any atom is 0.481 e. The van der Waals surface area contributed by atoms with Gasteiger partial charge in [-0.1, -0.05) is 37.7 Å². The van der Waals surface area contributed by atoms with E-state index in [1.807, 2.05) is 6.07 Å². The zero-order valence-corrected chi connectivity index (χ0v) is 33.8. The molecule has 0 spiro atoms. The van der Waals surface area contributed by atoms with Crippen molar-refractivity contribution in [3.05, 3.63) is 48.0 Å². The smallest absolute Gasteiger partial charge is 0.386 e. The van der Waals surface area contributed by atoms with Gasteiger partial charge in [-0.3, -0.25) is 32.5 Å². The van der Waals surface area contributed by atoms with Gasteiger partial charge in [0, 0.05) is 36.2 Å². The van der Waals surface area contributed by atoms with E-state index in [4.69, 9.17) is 24.8 Å². The first-order valence-corrected chi connectivity index (χ1v) is 22.1. The van der Waals surface area contributed by atoms with E-state index in [1.54, 1.807) is 12.1 Å². The van der Waals surface area contributed by atoms with Crippen LogP contribution in [0.25, 0.3) is 11.2 Å². The number of phosphoric ester groups is 3. The SMILES string of the molecule is CC(C)(COP(=O)(O)OP(=O)(O)OC[C@H]1O[C@@H](n2cnc3c(N)ncnc32)[C@H](O)[C@H]1OP(=O)(O)O)[C@@H](O)C(=O)NCCC(=O)NCCSC(=O)c1ccccc1C#N. The molecule has 2 unspecified atom stereocenters. The largest absolute Gasteiger partial charge is 0.481 e. The standard InChI is InChI=1S/C29H39N8O17P3S/c1-29(2,23(40)26(41)33-8-7-19(38)32-9-10-58-28(42)17-6-4-3-5-16(17)11-30)13-51-57(48,49)54-56(46,47)50-12-18-22(53-55(43,44)45)21(39)27(52-18)37-15-36-20-24(31)34-14-35-25(20)37/h3-6,14-15,18,21-23,27,39-40H,7-10,12-13H2,1-2H3,(H,32,38)(H,33,41)(H,46,47)(H,48,49)(H2,31,34,35)(H2,43,44,45)/t18-,21-,22+,23+,27-/m1/s1. The number of amides is 2. The van der Waals surface area contributed by atoms with Crippen LogP contribution in [0.15, 0.2) is 36.9 Å². The third-order valence-electron chi connectivity index (χ3n) is 8.00. The number of nitrogen functional groups attached to an aromatic ring is 1. The summed E-state index contributed by atoms with van der Waals surface area (Å²) >= 11 is 0.902. The number of nitrogens with zero attached hydrogens (tertiary/aromatic N) is 5. The first kappa shape index (κ1) is 47.0. The van der Waals surface area contributed by atoms with E-state index in [-0.39, 0.29) is 58.5 Å². The first-order valence-electron chi connectivity index (χ1n) is 16.6. The molecule has 1 saturated heterocycles. The molecule has 0 aliphatic carbocycles. The van der Waals surface area contributed by atoms with Gasteiger partial charge in [0.25, 0.3) is 0 Å². The van der Waals surface area contributed by atoms with Crippen LogP contribution in [-0.4, -0.2) is 123 Å². The van der Waals surface area contributed by atoms with Crippen molar-refractivity contribution in [2.75, 3.05) is 37.8 Å². The molecule has 1 aliphatic rings. The quantitative estimate of drug-likeness (QED) is 0.0526. The van der Waals surface area contributed by atoms with E-state index in [0.717, 1.165) is 29.0 Å². The summed E-state index contributed by atoms with van der Waals surface area (Å²) in [6.45, 7) is 0.274. The number of benzene rings is 1. The Balaban J connectivity index is 1.23. The van der Waals surface area contributed by atoms with Crippen molar-refractivity contribution >= 4 is 69.1 Å². The molecule has 58 heavy (non-hydrogen) atoms. The van der Waals surface area contributed by atoms with Gasteiger partial charge in [0.1, 0.15) is 36.3 Å². The lowest BCUT2D eigenvalue weighted by molar-refractivity contribution is -0.137. The number of hydrogen-bond donors (Lipinski definition) is 9. The van der Waals surface area contributed by atoms with E-state index < -0.39 is 84.6 Å². The number of ether oxygens (including phenoxy) is 1. The molecule has 4 rings (SSSR count). The minimum Gasteiger partial charge on any atom is -0.386 e. The van der Waals surface area contributed by atoms with E-state index in [2.05, 4.69) is 34.4 Å². The summed E-state index contributed by atoms with van der Waals surface area (Å²) in [5.74, 6) is -1.35. The van der Waals surface area contributed by atoms with Crippen molar-refractivity contribution in [2.24, 2.45) is 5.41 Å². The highest BCUT2D eigenvalue weighted by atomic mass is 32.2. The van der Waals surface area contributed by atoms with Gasteiger partial charge in [-0.25, -0.2) is 28.6 Å². The number of carbonyl (C=O) groups excluding carboxylic acids is 3. The number of phosphoric acid groups is 3. The molecule has 3 heterocycles. The Morgan fingerprint density at radius 1 is 1.07 bits per heavy atom. The van der Waals surface area contributed by atoms with E-state index in [9.17, 15) is 57.9 Å². The number of imidazole rings is 1. The van der Waals surface area contributed by atoms with Crippen molar-refractivity contribution in [2.45, 2.75) is 50.9 Å². The van der Waals surface area contributed by atoms with Crippen LogP contribution in [0.5, 0.6) is 0 Å². The summed E-state index contributed by atoms with van der Waals surface area (Å²) in [6.07, 6.45) is -7.05. The molecule has 0 bridgehead atoms. The topological polar surface area (TPSA) is 387 Å². The molecule has 1 aromatic carbocycles. The van der Waals surface area contributed by atoms with Crippen LogP contribution < -0.4 is 16.4 Å². The van der Waals surface area contributed by atoms with Crippen LogP contribution in [0.1, 0.15) is 42.4 Å². The maximum absolute atomic E-state index is 12.7. The molecule has 3 aromatic rings. The number of hydrogen-bond acceptors (Lipinski definition) is 19. The second-order valence-electron chi connectivity index (χ2n) is 12.9. The Labute approximate surface area is 332 Å². The Bertz CT molecular complexity index is 2170. The lowest BCUT2D eigenvalue weighted by Crippen LogP contribution is -2.46. The minimum atomic E-state index is -5.59. The zero-order valence-electron chi connectivity index (χ0n) is 30.3. The number of nitrogens with two attached hydrogens (primary N) is 1. The van der Waals surface area contributed by atoms with Gasteiger partial charge < -0.3 is 50.9 Å². The number of nitriles is 1. The second-order valence-corrected chi connectivity index (χ2v) is 18.2. The molecule has 1 aliphatic heterocycles. The zero-order chi connectivity index (χ0) is 43.1. The highest BCUT2D eigenvalue weighted by Gasteiger charge is 2.50. The van der Waals surface area contributed by atoms with Gasteiger partial charge in [-0.2, -0.15) is 9.57 Å². The molecule has 25 nitrogen and oxygen atoms in total. The average Bonchev–Trinajstić information content (AvgIpc) is 3.71. The predicted octanol–water partition coefficient (Wildman–Crippen LogP) is -0.150. The summed E-state index contributed by atoms with van der Waals surface area (Å²) in [5.41, 5.74) is 4.69. The molecular formula is C29H39N8O17P3S. The van der Waals surface area contributed by atoms with Crippen LogP contribution in [-0.2, 0) is 45.9 Å². The van der Waals surface area contributed by atoms with Gasteiger partial charge in [-0.15, -0.1) is 0 Å². The number of fused-ring (bicyclic) bond motifs is 1. The van der Waals surface area contributed by atoms with E-state index in [0.29, 0.717) is 0 Å². The summed E-state index contributed by atoms with van der Waals surface area (Å²) in [5, 5.41) is 35.1. The van der Waals surface area contributed by atoms with Gasteiger partial charge in [0.05, 0.1) is 31.2 Å². The number of aliphatic hydroxyl groups is 2. The van der Waals surface area contributed by atoms with Crippen molar-refractivity contribution < 1.29 is 80.5 Å². The summed E-state index contributed by atoms with van der Waals surface area (Å²) < 4.78 is 62.1. The Morgan fingerprint density at radius 3 is 2.45 bits per heavy atom. The number of aliphatic hydroxyl groups excluding tert-OH is 2. The fourth-order valence-corrected chi connectivity index (χ4v) is 8.66. The highest BCUT2D eigenvalue weighted by Crippen LogP contribution is 2.61. The lowest BCUT2D eigenvalue weighted by atomic mass is 9.87. The summed E-state index contributed by atoms with van der Waals surface area (Å²) in [7, 11) is -16.4. The normalized spacial score (nSPS) is 21.1. The fourth-order valence-electron chi connectivity index (χ4n) is 5.11. The molecule has 0 saturated carbocycles. The average molecular weight is 897 g/mol. The Hall–Kier alpha value is -3.73. The molecule has 10 N–H and O–H groups in total. The molecule has 2 amide bonds. The summed E-state index contributed by atoms with van der Waals surface area (Å²) in [4.78, 5) is 88.1. The number of anilines is 1. The maximum atomic E-state index is 12.7. The van der Waals surface area contributed by atoms with Crippen LogP contribution in [0.3, 0.4) is 0 Å². The number of nitrogens with one attached hydrogen (secondary N) is 2. The molecule has 318 valence electrons. The van der Waals surface area contributed by atoms with E-state index in [1.165, 1.54) is 26.0 Å². The van der Waals surface area contributed by atoms with Crippen molar-refractivity contribution in [1.29, 1.82) is 5.26 Å². The van der Waals surface area contributed by atoms with Crippen molar-refractivity contribution in [1.82, 2.24) is 30.2 Å². The molecular weight excluding hydrogens is 857 g/mol. The van der Waals surface area contributed by atoms with Crippen LogP contribution in [0, 0.1) is 16.7 Å². The van der Waals surface area contributed by atoms with Crippen molar-refractivity contribution in [3.8, 4) is 6.07 Å². The number of thioether (sulfide) groups is 1. The predicted molar refractivity (Wildman–Crippen MR) is 198 cm³/mol.